The standard InChI is InChI=1S/C23H24F6N4O3S.C21H22F6N2O4S/c1-20(2,3)37(34)32-21(13-19-30-14-31-33(19)4,15-7-5-9-17(11-15)35-22(24,25)26)16-8-6-10-18(12-16)36-23(27,28)29;1-18(2,3)34(31)29-19(12-17(28)30,13-6-4-8-15(10-13)32-20(22,23)24)14-7-5-9-16(11-14)33-21(25,26)27/h5-12,14,32H,13H2,1-4H3;4-11,29H,12H2,1-3H3,(H2,28,30)/t37-;34-/m11/s1. The second kappa shape index (κ2) is 21.8. The molecule has 1 heterocycles. The van der Waals surface area contributed by atoms with E-state index in [0.717, 1.165) is 48.5 Å². The molecular weight excluding hydrogens is 1020 g/mol. The first-order chi connectivity index (χ1) is 32.4. The minimum Gasteiger partial charge on any atom is -0.406 e. The van der Waals surface area contributed by atoms with Gasteiger partial charge in [-0.1, -0.05) is 48.5 Å². The number of hydrogen-bond donors (Lipinski definition) is 3. The van der Waals surface area contributed by atoms with Crippen LogP contribution in [0.3, 0.4) is 0 Å². The van der Waals surface area contributed by atoms with Gasteiger partial charge in [-0.05, 0) is 112 Å². The summed E-state index contributed by atoms with van der Waals surface area (Å²) in [5.41, 5.74) is 1.98. The molecule has 0 unspecified atom stereocenters. The van der Waals surface area contributed by atoms with Crippen molar-refractivity contribution in [3.63, 3.8) is 0 Å². The molecule has 4 N–H and O–H groups in total. The molecule has 1 aromatic heterocycles. The highest BCUT2D eigenvalue weighted by molar-refractivity contribution is 7.84. The summed E-state index contributed by atoms with van der Waals surface area (Å²) in [4.78, 5) is 16.3. The minimum absolute atomic E-state index is 0.0604. The number of halogens is 12. The molecule has 0 saturated heterocycles. The molecule has 27 heteroatoms. The van der Waals surface area contributed by atoms with E-state index < -0.39 is 103 Å². The summed E-state index contributed by atoms with van der Waals surface area (Å²) in [6, 6.07) is 18.6. The number of amides is 1. The van der Waals surface area contributed by atoms with Crippen LogP contribution in [0.1, 0.15) is 76.0 Å². The lowest BCUT2D eigenvalue weighted by molar-refractivity contribution is -0.275. The summed E-state index contributed by atoms with van der Waals surface area (Å²) in [5.74, 6) is -3.13. The van der Waals surface area contributed by atoms with Crippen molar-refractivity contribution in [1.29, 1.82) is 0 Å². The van der Waals surface area contributed by atoms with E-state index in [4.69, 9.17) is 5.73 Å². The van der Waals surface area contributed by atoms with Gasteiger partial charge in [0.1, 0.15) is 35.1 Å². The number of nitrogens with two attached hydrogens (primary N) is 1. The lowest BCUT2D eigenvalue weighted by atomic mass is 9.80. The lowest BCUT2D eigenvalue weighted by Gasteiger charge is -2.38. The van der Waals surface area contributed by atoms with Crippen LogP contribution in [0.5, 0.6) is 23.0 Å². The number of nitrogens with one attached hydrogen (secondary N) is 2. The highest BCUT2D eigenvalue weighted by Crippen LogP contribution is 2.41. The topological polar surface area (TPSA) is 169 Å². The van der Waals surface area contributed by atoms with E-state index in [0.29, 0.717) is 5.82 Å². The van der Waals surface area contributed by atoms with Gasteiger partial charge in [0, 0.05) is 13.5 Å². The molecule has 2 atom stereocenters. The number of aromatic nitrogens is 3. The van der Waals surface area contributed by atoms with Crippen LogP contribution in [-0.4, -0.2) is 64.0 Å². The largest absolute Gasteiger partial charge is 0.573 e. The van der Waals surface area contributed by atoms with Crippen LogP contribution in [-0.2, 0) is 51.3 Å². The molecule has 0 aliphatic carbocycles. The number of benzene rings is 4. The Kier molecular flexibility index (Phi) is 17.7. The summed E-state index contributed by atoms with van der Waals surface area (Å²) < 4.78 is 203. The Morgan fingerprint density at radius 3 is 1.10 bits per heavy atom. The monoisotopic (exact) mass is 1060 g/mol. The normalized spacial score (nSPS) is 13.9. The zero-order valence-corrected chi connectivity index (χ0v) is 40.0. The highest BCUT2D eigenvalue weighted by Gasteiger charge is 2.44. The Balaban J connectivity index is 0.000000310. The molecule has 0 saturated carbocycles. The van der Waals surface area contributed by atoms with Gasteiger partial charge < -0.3 is 24.7 Å². The predicted octanol–water partition coefficient (Wildman–Crippen LogP) is 9.80. The molecule has 71 heavy (non-hydrogen) atoms. The Labute approximate surface area is 403 Å². The van der Waals surface area contributed by atoms with Gasteiger partial charge in [-0.15, -0.1) is 52.7 Å². The quantitative estimate of drug-likeness (QED) is 0.0815. The number of hydrogen-bond acceptors (Lipinski definition) is 9. The fourth-order valence-corrected chi connectivity index (χ4v) is 8.35. The molecule has 0 spiro atoms. The van der Waals surface area contributed by atoms with Crippen LogP contribution in [0, 0.1) is 0 Å². The van der Waals surface area contributed by atoms with Gasteiger partial charge in [-0.2, -0.15) is 5.10 Å². The van der Waals surface area contributed by atoms with Crippen LogP contribution < -0.4 is 34.1 Å². The molecule has 5 rings (SSSR count). The maximum absolute atomic E-state index is 13.4. The van der Waals surface area contributed by atoms with Crippen molar-refractivity contribution in [3.8, 4) is 23.0 Å². The summed E-state index contributed by atoms with van der Waals surface area (Å²) in [6.07, 6.45) is -19.6. The number of primary amides is 1. The molecular formula is C44H46F12N6O7S2. The first kappa shape index (κ1) is 57.6. The van der Waals surface area contributed by atoms with Crippen LogP contribution >= 0.6 is 0 Å². The van der Waals surface area contributed by atoms with Crippen molar-refractivity contribution in [1.82, 2.24) is 24.2 Å². The van der Waals surface area contributed by atoms with Crippen molar-refractivity contribution in [2.75, 3.05) is 0 Å². The summed E-state index contributed by atoms with van der Waals surface area (Å²) in [6.45, 7) is 9.73. The van der Waals surface area contributed by atoms with Crippen molar-refractivity contribution in [3.05, 3.63) is 131 Å². The number of carbonyl (C=O) groups is 1. The molecule has 0 aliphatic rings. The third-order valence-electron chi connectivity index (χ3n) is 9.56. The van der Waals surface area contributed by atoms with Gasteiger partial charge >= 0.3 is 25.4 Å². The molecule has 1 amide bonds. The Bertz CT molecular complexity index is 2540. The van der Waals surface area contributed by atoms with E-state index in [-0.39, 0.29) is 28.7 Å². The molecule has 0 aliphatic heterocycles. The number of carbonyl (C=O) groups excluding carboxylic acids is 1. The fourth-order valence-electron chi connectivity index (χ4n) is 6.49. The second-order valence-electron chi connectivity index (χ2n) is 17.2. The van der Waals surface area contributed by atoms with Crippen LogP contribution in [0.2, 0.25) is 0 Å². The molecule has 0 radical (unpaired) electrons. The molecule has 390 valence electrons. The van der Waals surface area contributed by atoms with E-state index >= 15 is 0 Å². The number of nitrogens with zero attached hydrogens (tertiary/aromatic N) is 3. The van der Waals surface area contributed by atoms with Crippen molar-refractivity contribution in [2.45, 2.75) is 100 Å². The summed E-state index contributed by atoms with van der Waals surface area (Å²) in [7, 11) is -2.25. The van der Waals surface area contributed by atoms with Gasteiger partial charge in [0.05, 0.1) is 49.0 Å². The van der Waals surface area contributed by atoms with Gasteiger partial charge in [0.2, 0.25) is 5.91 Å². The zero-order valence-electron chi connectivity index (χ0n) is 38.4. The Hall–Kier alpha value is -5.93. The van der Waals surface area contributed by atoms with Crippen molar-refractivity contribution >= 4 is 27.9 Å². The predicted molar refractivity (Wildman–Crippen MR) is 235 cm³/mol. The first-order valence-corrected chi connectivity index (χ1v) is 22.7. The van der Waals surface area contributed by atoms with Crippen LogP contribution in [0.4, 0.5) is 52.7 Å². The van der Waals surface area contributed by atoms with Crippen molar-refractivity contribution < 1.29 is 84.8 Å². The van der Waals surface area contributed by atoms with Gasteiger partial charge in [-0.3, -0.25) is 9.48 Å². The van der Waals surface area contributed by atoms with Crippen LogP contribution in [0.15, 0.2) is 103 Å². The van der Waals surface area contributed by atoms with E-state index in [2.05, 4.69) is 38.5 Å². The number of alkyl halides is 12. The third-order valence-corrected chi connectivity index (χ3v) is 12.8. The van der Waals surface area contributed by atoms with Gasteiger partial charge in [0.15, 0.2) is 0 Å². The smallest absolute Gasteiger partial charge is 0.406 e. The average Bonchev–Trinajstić information content (AvgIpc) is 3.60. The van der Waals surface area contributed by atoms with Crippen LogP contribution in [0.25, 0.3) is 0 Å². The molecule has 4 aromatic carbocycles. The Morgan fingerprint density at radius 2 is 0.845 bits per heavy atom. The number of rotatable bonds is 16. The van der Waals surface area contributed by atoms with Gasteiger partial charge in [0.25, 0.3) is 0 Å². The van der Waals surface area contributed by atoms with Crippen molar-refractivity contribution in [2.24, 2.45) is 12.8 Å². The first-order valence-electron chi connectivity index (χ1n) is 20.4. The number of aryl methyl sites for hydroxylation is 1. The average molecular weight is 1060 g/mol. The summed E-state index contributed by atoms with van der Waals surface area (Å²) >= 11 is 0. The third kappa shape index (κ3) is 17.1. The Morgan fingerprint density at radius 1 is 0.549 bits per heavy atom. The minimum atomic E-state index is -5.03. The van der Waals surface area contributed by atoms with Gasteiger partial charge in [-0.25, -0.2) is 22.8 Å². The SMILES string of the molecule is CC(C)(C)[S@@](=O)NC(CC(N)=O)(c1cccc(OC(F)(F)F)c1)c1cccc(OC(F)(F)F)c1.Cn1ncnc1CC(N[S@](=O)C(C)(C)C)(c1cccc(OC(F)(F)F)c1)c1cccc(OC(F)(F)F)c1. The highest BCUT2D eigenvalue weighted by atomic mass is 32.2. The lowest BCUT2D eigenvalue weighted by Crippen LogP contribution is -2.50. The molecule has 0 fully saturated rings. The maximum atomic E-state index is 13.4. The molecule has 0 bridgehead atoms. The summed E-state index contributed by atoms with van der Waals surface area (Å²) in [5, 5.41) is 4.00. The van der Waals surface area contributed by atoms with E-state index in [1.165, 1.54) is 59.5 Å². The molecule has 5 aromatic rings. The van der Waals surface area contributed by atoms with E-state index in [1.54, 1.807) is 48.6 Å². The second-order valence-corrected chi connectivity index (χ2v) is 21.1. The fraction of sp³-hybridized carbons (Fsp3) is 0.386. The number of ether oxygens (including phenoxy) is 4. The van der Waals surface area contributed by atoms with E-state index in [1.807, 2.05) is 0 Å². The van der Waals surface area contributed by atoms with E-state index in [9.17, 15) is 65.9 Å². The maximum Gasteiger partial charge on any atom is 0.573 e. The zero-order chi connectivity index (χ0) is 53.6. The molecule has 13 nitrogen and oxygen atoms in total.